The van der Waals surface area contributed by atoms with E-state index >= 15 is 0 Å². The van der Waals surface area contributed by atoms with Crippen molar-refractivity contribution >= 4 is 5.91 Å². The molecular formula is C26H28N4O. The first-order valence-corrected chi connectivity index (χ1v) is 10.7. The van der Waals surface area contributed by atoms with Gasteiger partial charge in [-0.3, -0.25) is 19.7 Å². The molecule has 0 saturated carbocycles. The first kappa shape index (κ1) is 20.9. The van der Waals surface area contributed by atoms with Gasteiger partial charge in [-0.2, -0.15) is 0 Å². The molecule has 0 bridgehead atoms. The lowest BCUT2D eigenvalue weighted by Gasteiger charge is -2.23. The van der Waals surface area contributed by atoms with Gasteiger partial charge < -0.3 is 4.90 Å². The highest BCUT2D eigenvalue weighted by Crippen LogP contribution is 2.22. The Morgan fingerprint density at radius 1 is 0.935 bits per heavy atom. The normalized spacial score (nSPS) is 17.4. The van der Waals surface area contributed by atoms with Gasteiger partial charge in [0.05, 0.1) is 5.92 Å². The van der Waals surface area contributed by atoms with Gasteiger partial charge in [0.2, 0.25) is 5.91 Å². The van der Waals surface area contributed by atoms with Crippen molar-refractivity contribution < 1.29 is 4.79 Å². The van der Waals surface area contributed by atoms with E-state index in [1.165, 1.54) is 11.1 Å². The molecule has 31 heavy (non-hydrogen) atoms. The number of amides is 1. The van der Waals surface area contributed by atoms with Gasteiger partial charge in [-0.15, -0.1) is 6.58 Å². The Hall–Kier alpha value is -3.31. The van der Waals surface area contributed by atoms with Crippen LogP contribution in [0.4, 0.5) is 0 Å². The van der Waals surface area contributed by atoms with Gasteiger partial charge in [0, 0.05) is 57.5 Å². The van der Waals surface area contributed by atoms with Crippen molar-refractivity contribution in [3.05, 3.63) is 97.1 Å². The zero-order valence-electron chi connectivity index (χ0n) is 17.7. The van der Waals surface area contributed by atoms with Crippen LogP contribution in [-0.4, -0.2) is 51.9 Å². The fourth-order valence-electron chi connectivity index (χ4n) is 4.15. The number of aromatic nitrogens is 2. The Morgan fingerprint density at radius 3 is 2.39 bits per heavy atom. The summed E-state index contributed by atoms with van der Waals surface area (Å²) in [5.74, 6) is 0.133. The maximum Gasteiger partial charge on any atom is 0.227 e. The molecule has 5 heteroatoms. The molecule has 1 fully saturated rings. The molecule has 1 atom stereocenters. The number of pyridine rings is 2. The van der Waals surface area contributed by atoms with Gasteiger partial charge in [0.25, 0.3) is 0 Å². The quantitative estimate of drug-likeness (QED) is 0.554. The molecule has 1 aliphatic heterocycles. The minimum absolute atomic E-state index is 0.0802. The predicted octanol–water partition coefficient (Wildman–Crippen LogP) is 3.83. The van der Waals surface area contributed by atoms with Crippen LogP contribution in [0.15, 0.2) is 86.0 Å². The number of rotatable bonds is 7. The molecular weight excluding hydrogens is 384 g/mol. The molecule has 2 aromatic heterocycles. The van der Waals surface area contributed by atoms with Crippen molar-refractivity contribution in [2.24, 2.45) is 5.92 Å². The van der Waals surface area contributed by atoms with Crippen molar-refractivity contribution in [3.63, 3.8) is 0 Å². The number of hydrogen-bond donors (Lipinski definition) is 0. The molecule has 1 aliphatic rings. The minimum atomic E-state index is -0.0802. The van der Waals surface area contributed by atoms with Gasteiger partial charge in [0.15, 0.2) is 0 Å². The lowest BCUT2D eigenvalue weighted by atomic mass is 9.96. The monoisotopic (exact) mass is 412 g/mol. The maximum absolute atomic E-state index is 13.3. The van der Waals surface area contributed by atoms with Crippen LogP contribution in [0.2, 0.25) is 0 Å². The summed E-state index contributed by atoms with van der Waals surface area (Å²) in [6, 6.07) is 16.5. The van der Waals surface area contributed by atoms with Crippen LogP contribution >= 0.6 is 0 Å². The van der Waals surface area contributed by atoms with Crippen LogP contribution in [-0.2, 0) is 17.8 Å². The highest BCUT2D eigenvalue weighted by Gasteiger charge is 2.30. The number of carbonyl (C=O) groups is 1. The van der Waals surface area contributed by atoms with E-state index in [9.17, 15) is 4.79 Å². The molecule has 1 aromatic carbocycles. The van der Waals surface area contributed by atoms with Crippen molar-refractivity contribution in [1.82, 2.24) is 19.8 Å². The largest absolute Gasteiger partial charge is 0.337 e. The third kappa shape index (κ3) is 5.44. The van der Waals surface area contributed by atoms with Crippen molar-refractivity contribution in [2.45, 2.75) is 13.0 Å². The zero-order valence-corrected chi connectivity index (χ0v) is 17.7. The number of nitrogens with zero attached hydrogens (tertiary/aromatic N) is 4. The Morgan fingerprint density at radius 2 is 1.71 bits per heavy atom. The first-order chi connectivity index (χ1) is 15.2. The van der Waals surface area contributed by atoms with Crippen LogP contribution in [0, 0.1) is 5.92 Å². The van der Waals surface area contributed by atoms with Gasteiger partial charge in [-0.1, -0.05) is 42.5 Å². The van der Waals surface area contributed by atoms with Crippen LogP contribution in [0.25, 0.3) is 11.1 Å². The molecule has 0 radical (unpaired) electrons. The average molecular weight is 413 g/mol. The first-order valence-electron chi connectivity index (χ1n) is 10.7. The van der Waals surface area contributed by atoms with Crippen LogP contribution < -0.4 is 0 Å². The molecule has 0 aliphatic carbocycles. The van der Waals surface area contributed by atoms with Crippen molar-refractivity contribution in [2.75, 3.05) is 26.2 Å². The maximum atomic E-state index is 13.3. The molecule has 1 unspecified atom stereocenters. The Bertz CT molecular complexity index is 989. The number of carbonyl (C=O) groups excluding carboxylic acids is 1. The smallest absolute Gasteiger partial charge is 0.227 e. The second kappa shape index (κ2) is 10.1. The predicted molar refractivity (Wildman–Crippen MR) is 123 cm³/mol. The summed E-state index contributed by atoms with van der Waals surface area (Å²) < 4.78 is 0. The average Bonchev–Trinajstić information content (AvgIpc) is 2.95. The summed E-state index contributed by atoms with van der Waals surface area (Å²) in [6.45, 7) is 7.55. The summed E-state index contributed by atoms with van der Waals surface area (Å²) in [5, 5.41) is 0. The molecule has 158 valence electrons. The lowest BCUT2D eigenvalue weighted by molar-refractivity contribution is -0.134. The summed E-state index contributed by atoms with van der Waals surface area (Å²) >= 11 is 0. The third-order valence-electron chi connectivity index (χ3n) is 5.74. The fourth-order valence-corrected chi connectivity index (χ4v) is 4.15. The van der Waals surface area contributed by atoms with E-state index < -0.39 is 0 Å². The van der Waals surface area contributed by atoms with E-state index in [1.807, 2.05) is 35.5 Å². The molecule has 1 saturated heterocycles. The van der Waals surface area contributed by atoms with Crippen LogP contribution in [0.1, 0.15) is 11.1 Å². The molecule has 3 heterocycles. The summed E-state index contributed by atoms with van der Waals surface area (Å²) in [6.07, 6.45) is 9.88. The van der Waals surface area contributed by atoms with Gasteiger partial charge in [-0.05, 0) is 40.8 Å². The molecule has 1 amide bonds. The summed E-state index contributed by atoms with van der Waals surface area (Å²) in [4.78, 5) is 26.0. The summed E-state index contributed by atoms with van der Waals surface area (Å²) in [5.41, 5.74) is 4.58. The Kier molecular flexibility index (Phi) is 6.85. The van der Waals surface area contributed by atoms with Gasteiger partial charge >= 0.3 is 0 Å². The SMILES string of the molecule is C=CCN1CCN(Cc2cccnc2)CC(Cc2ccc(-c3cccnc3)cc2)C1=O. The molecule has 5 nitrogen and oxygen atoms in total. The topological polar surface area (TPSA) is 49.3 Å². The van der Waals surface area contributed by atoms with Crippen LogP contribution in [0.3, 0.4) is 0 Å². The second-order valence-corrected chi connectivity index (χ2v) is 8.01. The third-order valence-corrected chi connectivity index (χ3v) is 5.74. The lowest BCUT2D eigenvalue weighted by Crippen LogP contribution is -2.37. The van der Waals surface area contributed by atoms with E-state index in [1.54, 1.807) is 12.4 Å². The highest BCUT2D eigenvalue weighted by atomic mass is 16.2. The number of hydrogen-bond acceptors (Lipinski definition) is 4. The highest BCUT2D eigenvalue weighted by molar-refractivity contribution is 5.80. The van der Waals surface area contributed by atoms with E-state index in [0.29, 0.717) is 6.54 Å². The fraction of sp³-hybridized carbons (Fsp3) is 0.269. The van der Waals surface area contributed by atoms with Gasteiger partial charge in [0.1, 0.15) is 0 Å². The second-order valence-electron chi connectivity index (χ2n) is 8.01. The summed E-state index contributed by atoms with van der Waals surface area (Å²) in [7, 11) is 0. The van der Waals surface area contributed by atoms with Gasteiger partial charge in [-0.25, -0.2) is 0 Å². The van der Waals surface area contributed by atoms with E-state index in [2.05, 4.69) is 57.8 Å². The molecule has 4 rings (SSSR count). The molecule has 0 N–H and O–H groups in total. The zero-order chi connectivity index (χ0) is 21.5. The Balaban J connectivity index is 1.50. The van der Waals surface area contributed by atoms with E-state index in [-0.39, 0.29) is 11.8 Å². The van der Waals surface area contributed by atoms with E-state index in [4.69, 9.17) is 0 Å². The number of benzene rings is 1. The molecule has 0 spiro atoms. The van der Waals surface area contributed by atoms with Crippen molar-refractivity contribution in [3.8, 4) is 11.1 Å². The molecule has 3 aromatic rings. The van der Waals surface area contributed by atoms with Crippen LogP contribution in [0.5, 0.6) is 0 Å². The standard InChI is InChI=1S/C26H28N4O/c1-2-13-30-15-14-29(19-22-5-3-11-27-17-22)20-25(26(30)31)16-21-7-9-23(10-8-21)24-6-4-12-28-18-24/h2-12,17-18,25H,1,13-16,19-20H2. The minimum Gasteiger partial charge on any atom is -0.337 e. The van der Waals surface area contributed by atoms with Crippen molar-refractivity contribution in [1.29, 1.82) is 0 Å². The Labute approximate surface area is 184 Å². The van der Waals surface area contributed by atoms with E-state index in [0.717, 1.165) is 43.7 Å².